The molecule has 0 spiro atoms. The topological polar surface area (TPSA) is 30.9 Å². The molecule has 0 aromatic rings. The number of likely N-dealkylation sites (N-methyl/N-ethyl adjacent to an activating group) is 2. The first-order valence-electron chi connectivity index (χ1n) is 10.8. The molecule has 0 N–H and O–H groups in total. The molecule has 5 nitrogen and oxygen atoms in total. The van der Waals surface area contributed by atoms with Crippen molar-refractivity contribution in [3.8, 4) is 0 Å². The zero-order valence-corrected chi connectivity index (χ0v) is 21.5. The summed E-state index contributed by atoms with van der Waals surface area (Å²) in [7, 11) is 5.72. The summed E-state index contributed by atoms with van der Waals surface area (Å²) in [6, 6.07) is 1.35. The van der Waals surface area contributed by atoms with Crippen molar-refractivity contribution in [1.82, 2.24) is 4.90 Å². The molecule has 1 atom stereocenters. The monoisotopic (exact) mass is 419 g/mol. The summed E-state index contributed by atoms with van der Waals surface area (Å²) in [6.45, 7) is 15.6. The summed E-state index contributed by atoms with van der Waals surface area (Å²) < 4.78 is 19.4. The molecule has 1 aliphatic rings. The summed E-state index contributed by atoms with van der Waals surface area (Å²) in [5.41, 5.74) is 0. The molecular weight excluding hydrogens is 372 g/mol. The van der Waals surface area contributed by atoms with Gasteiger partial charge in [-0.05, 0) is 40.0 Å². The van der Waals surface area contributed by atoms with Gasteiger partial charge in [0, 0.05) is 26.2 Å². The molecule has 0 radical (unpaired) electrons. The Morgan fingerprint density at radius 3 is 2.41 bits per heavy atom. The van der Waals surface area contributed by atoms with E-state index in [-0.39, 0.29) is 0 Å². The molecule has 1 heterocycles. The highest BCUT2D eigenvalue weighted by Gasteiger charge is 2.46. The van der Waals surface area contributed by atoms with Crippen molar-refractivity contribution < 1.29 is 18.4 Å². The average Bonchev–Trinajstić information content (AvgIpc) is 2.54. The first-order valence-corrected chi connectivity index (χ1v) is 17.9. The van der Waals surface area contributed by atoms with Gasteiger partial charge in [0.05, 0.1) is 34.9 Å². The quantitative estimate of drug-likeness (QED) is 0.291. The van der Waals surface area contributed by atoms with Crippen molar-refractivity contribution in [2.75, 3.05) is 67.7 Å². The zero-order valence-electron chi connectivity index (χ0n) is 19.5. The third-order valence-electron chi connectivity index (χ3n) is 6.42. The Hall–Kier alpha value is 0.234. The minimum Gasteiger partial charge on any atom is -0.380 e. The van der Waals surface area contributed by atoms with Crippen LogP contribution < -0.4 is 0 Å². The number of hydrogen-bond acceptors (Lipinski definition) is 4. The van der Waals surface area contributed by atoms with Gasteiger partial charge in [0.25, 0.3) is 0 Å². The third kappa shape index (κ3) is 9.06. The summed E-state index contributed by atoms with van der Waals surface area (Å²) in [6.07, 6.45) is 5.02. The van der Waals surface area contributed by atoms with Gasteiger partial charge in [-0.3, -0.25) is 0 Å². The molecule has 0 aliphatic carbocycles. The Morgan fingerprint density at radius 1 is 1.04 bits per heavy atom. The van der Waals surface area contributed by atoms with E-state index in [1.165, 1.54) is 18.9 Å². The normalized spacial score (nSPS) is 21.9. The van der Waals surface area contributed by atoms with Crippen LogP contribution in [0.5, 0.6) is 0 Å². The van der Waals surface area contributed by atoms with Crippen LogP contribution in [0.15, 0.2) is 0 Å². The van der Waals surface area contributed by atoms with Gasteiger partial charge in [-0.15, -0.1) is 0 Å². The highest BCUT2D eigenvalue weighted by molar-refractivity contribution is 7.38. The second-order valence-electron chi connectivity index (χ2n) is 10.1. The van der Waals surface area contributed by atoms with Crippen LogP contribution in [-0.4, -0.2) is 98.7 Å². The van der Waals surface area contributed by atoms with Gasteiger partial charge in [-0.25, -0.2) is 0 Å². The number of ether oxygens (including phenoxy) is 2. The molecule has 1 unspecified atom stereocenters. The maximum absolute atomic E-state index is 7.00. The lowest BCUT2D eigenvalue weighted by Gasteiger charge is -2.46. The fourth-order valence-corrected chi connectivity index (χ4v) is 10.2. The van der Waals surface area contributed by atoms with E-state index in [1.54, 1.807) is 0 Å². The number of nitrogens with zero attached hydrogens (tertiary/aromatic N) is 2. The Balaban J connectivity index is 2.48. The zero-order chi connectivity index (χ0) is 20.6. The molecule has 0 aromatic carbocycles. The molecule has 1 aliphatic heterocycles. The summed E-state index contributed by atoms with van der Waals surface area (Å²) in [5.74, 6) is 0. The van der Waals surface area contributed by atoms with Gasteiger partial charge < -0.3 is 23.3 Å². The van der Waals surface area contributed by atoms with Crippen LogP contribution in [0.25, 0.3) is 0 Å². The number of rotatable bonds is 11. The summed E-state index contributed by atoms with van der Waals surface area (Å²) in [4.78, 5) is 2.17. The highest BCUT2D eigenvalue weighted by atomic mass is 29.3. The van der Waals surface area contributed by atoms with Gasteiger partial charge in [-0.2, -0.15) is 0 Å². The van der Waals surface area contributed by atoms with Crippen LogP contribution in [-0.2, 0) is 13.9 Å². The van der Waals surface area contributed by atoms with E-state index >= 15 is 0 Å². The molecule has 0 amide bonds. The van der Waals surface area contributed by atoms with Crippen LogP contribution in [0.4, 0.5) is 0 Å². The molecule has 162 valence electrons. The van der Waals surface area contributed by atoms with E-state index in [0.717, 1.165) is 56.8 Å². The molecule has 7 heteroatoms. The Morgan fingerprint density at radius 2 is 1.74 bits per heavy atom. The van der Waals surface area contributed by atoms with Crippen molar-refractivity contribution in [2.45, 2.75) is 64.1 Å². The van der Waals surface area contributed by atoms with Gasteiger partial charge in [0.15, 0.2) is 14.1 Å². The molecular formula is C20H47N2O3Si2+. The third-order valence-corrected chi connectivity index (χ3v) is 23.0. The molecule has 27 heavy (non-hydrogen) atoms. The predicted octanol–water partition coefficient (Wildman–Crippen LogP) is 3.57. The largest absolute Gasteiger partial charge is 0.380 e. The summed E-state index contributed by atoms with van der Waals surface area (Å²) >= 11 is 0. The SMILES string of the molecule is CN(C)CCOCCCC[Si](C)(C)[Si](C)(C)OC1CCCOCC[N+]1(C)C. The van der Waals surface area contributed by atoms with E-state index in [1.807, 2.05) is 0 Å². The van der Waals surface area contributed by atoms with Crippen LogP contribution in [0.2, 0.25) is 32.2 Å². The van der Waals surface area contributed by atoms with Crippen molar-refractivity contribution in [1.29, 1.82) is 0 Å². The Labute approximate surface area is 170 Å². The highest BCUT2D eigenvalue weighted by Crippen LogP contribution is 2.30. The summed E-state index contributed by atoms with van der Waals surface area (Å²) in [5, 5.41) is 0. The fourth-order valence-electron chi connectivity index (χ4n) is 3.38. The molecule has 1 rings (SSSR count). The van der Waals surface area contributed by atoms with Gasteiger partial charge >= 0.3 is 0 Å². The standard InChI is InChI=1S/C20H47N2O3Si2/c1-21(2)13-17-23-15-9-10-19-26(5,6)27(7,8)25-20-12-11-16-24-18-14-22(20,3)4/h20H,9-19H2,1-8H3/q+1. The Bertz CT molecular complexity index is 418. The van der Waals surface area contributed by atoms with Crippen molar-refractivity contribution in [2.24, 2.45) is 0 Å². The van der Waals surface area contributed by atoms with Crippen molar-refractivity contribution in [3.63, 3.8) is 0 Å². The Kier molecular flexibility index (Phi) is 10.7. The number of hydrogen-bond donors (Lipinski definition) is 0. The first-order chi connectivity index (χ1) is 12.5. The molecule has 0 aromatic heterocycles. The lowest BCUT2D eigenvalue weighted by molar-refractivity contribution is -0.935. The van der Waals surface area contributed by atoms with Gasteiger partial charge in [-0.1, -0.05) is 25.6 Å². The molecule has 0 bridgehead atoms. The van der Waals surface area contributed by atoms with Gasteiger partial charge in [0.2, 0.25) is 0 Å². The fraction of sp³-hybridized carbons (Fsp3) is 1.00. The second kappa shape index (κ2) is 11.4. The van der Waals surface area contributed by atoms with Crippen LogP contribution in [0, 0.1) is 0 Å². The van der Waals surface area contributed by atoms with E-state index in [0.29, 0.717) is 6.23 Å². The van der Waals surface area contributed by atoms with E-state index in [9.17, 15) is 0 Å². The smallest absolute Gasteiger partial charge is 0.183 e. The van der Waals surface area contributed by atoms with Gasteiger partial charge in [0.1, 0.15) is 6.54 Å². The van der Waals surface area contributed by atoms with Crippen molar-refractivity contribution >= 4 is 15.4 Å². The van der Waals surface area contributed by atoms with Crippen LogP contribution in [0.3, 0.4) is 0 Å². The molecule has 0 saturated carbocycles. The van der Waals surface area contributed by atoms with Crippen molar-refractivity contribution in [3.05, 3.63) is 0 Å². The predicted molar refractivity (Wildman–Crippen MR) is 120 cm³/mol. The lowest BCUT2D eigenvalue weighted by Crippen LogP contribution is -2.63. The number of quaternary nitrogens is 1. The molecule has 1 saturated heterocycles. The first kappa shape index (κ1) is 25.3. The second-order valence-corrected chi connectivity index (χ2v) is 25.3. The maximum atomic E-state index is 7.00. The average molecular weight is 420 g/mol. The molecule has 1 fully saturated rings. The van der Waals surface area contributed by atoms with E-state index < -0.39 is 15.4 Å². The van der Waals surface area contributed by atoms with E-state index in [2.05, 4.69) is 59.3 Å². The minimum absolute atomic E-state index is 0.330. The maximum Gasteiger partial charge on any atom is 0.183 e. The minimum atomic E-state index is -1.70. The number of unbranched alkanes of at least 4 members (excludes halogenated alkanes) is 1. The lowest BCUT2D eigenvalue weighted by atomic mass is 10.2. The van der Waals surface area contributed by atoms with Crippen LogP contribution >= 0.6 is 0 Å². The van der Waals surface area contributed by atoms with Crippen LogP contribution in [0.1, 0.15) is 25.7 Å². The van der Waals surface area contributed by atoms with E-state index in [4.69, 9.17) is 13.9 Å².